The molecule has 1 aromatic carbocycles. The molecule has 33 heavy (non-hydrogen) atoms. The number of rotatable bonds is 7. The van der Waals surface area contributed by atoms with E-state index < -0.39 is 51.8 Å². The van der Waals surface area contributed by atoms with Crippen molar-refractivity contribution in [2.75, 3.05) is 26.3 Å². The molecule has 2 heterocycles. The molecule has 1 aliphatic rings. The van der Waals surface area contributed by atoms with Crippen LogP contribution in [0, 0.1) is 0 Å². The maximum Gasteiger partial charge on any atom is 0.416 e. The van der Waals surface area contributed by atoms with Crippen LogP contribution in [0.5, 0.6) is 0 Å². The molecule has 0 aliphatic carbocycles. The van der Waals surface area contributed by atoms with Gasteiger partial charge < -0.3 is 15.5 Å². The van der Waals surface area contributed by atoms with Gasteiger partial charge in [-0.3, -0.25) is 4.79 Å². The Bertz CT molecular complexity index is 1150. The molecule has 1 aliphatic heterocycles. The number of benzene rings is 1. The number of halogens is 3. The highest BCUT2D eigenvalue weighted by Crippen LogP contribution is 2.32. The van der Waals surface area contributed by atoms with Gasteiger partial charge in [-0.25, -0.2) is 13.4 Å². The number of carbonyl (C=O) groups is 1. The summed E-state index contributed by atoms with van der Waals surface area (Å²) in [6.45, 7) is -0.921. The van der Waals surface area contributed by atoms with Crippen molar-refractivity contribution in [3.05, 3.63) is 65.5 Å². The second-order valence-electron chi connectivity index (χ2n) is 7.31. The fourth-order valence-corrected chi connectivity index (χ4v) is 4.66. The van der Waals surface area contributed by atoms with E-state index in [0.29, 0.717) is 17.3 Å². The van der Waals surface area contributed by atoms with Crippen LogP contribution in [0.1, 0.15) is 28.2 Å². The third-order valence-electron chi connectivity index (χ3n) is 5.06. The maximum atomic E-state index is 13.0. The average molecular weight is 485 g/mol. The van der Waals surface area contributed by atoms with Crippen molar-refractivity contribution in [2.45, 2.75) is 23.5 Å². The van der Waals surface area contributed by atoms with Gasteiger partial charge in [0.2, 0.25) is 10.0 Å². The Balaban J connectivity index is 1.77. The number of aliphatic hydroxyl groups excluding tert-OH is 2. The van der Waals surface area contributed by atoms with E-state index >= 15 is 0 Å². The van der Waals surface area contributed by atoms with E-state index in [9.17, 15) is 26.4 Å². The summed E-state index contributed by atoms with van der Waals surface area (Å²) in [5.74, 6) is -0.588. The second-order valence-corrected chi connectivity index (χ2v) is 9.25. The Morgan fingerprint density at radius 2 is 1.85 bits per heavy atom. The van der Waals surface area contributed by atoms with Gasteiger partial charge in [0.15, 0.2) is 0 Å². The van der Waals surface area contributed by atoms with E-state index in [-0.39, 0.29) is 25.2 Å². The fraction of sp³-hybridized carbons (Fsp3) is 0.333. The molecule has 8 nitrogen and oxygen atoms in total. The Morgan fingerprint density at radius 1 is 1.15 bits per heavy atom. The number of nitrogens with one attached hydrogen (secondary N) is 1. The molecule has 0 unspecified atom stereocenters. The third-order valence-corrected chi connectivity index (χ3v) is 6.92. The van der Waals surface area contributed by atoms with Crippen LogP contribution in [0.2, 0.25) is 0 Å². The molecule has 3 N–H and O–H groups in total. The van der Waals surface area contributed by atoms with E-state index in [2.05, 4.69) is 10.3 Å². The lowest BCUT2D eigenvalue weighted by atomic mass is 10.1. The van der Waals surface area contributed by atoms with Gasteiger partial charge in [-0.1, -0.05) is 18.2 Å². The predicted octanol–water partition coefficient (Wildman–Crippen LogP) is 1.66. The average Bonchev–Trinajstić information content (AvgIpc) is 2.82. The molecular weight excluding hydrogens is 463 g/mol. The summed E-state index contributed by atoms with van der Waals surface area (Å²) in [7, 11) is -4.13. The first-order chi connectivity index (χ1) is 15.6. The molecular formula is C21H22F3N3O5S. The highest BCUT2D eigenvalue weighted by molar-refractivity contribution is 7.89. The quantitative estimate of drug-likeness (QED) is 0.549. The third kappa shape index (κ3) is 5.77. The number of amides is 1. The molecule has 12 heteroatoms. The molecule has 2 aromatic rings. The van der Waals surface area contributed by atoms with E-state index in [1.807, 2.05) is 0 Å². The Kier molecular flexibility index (Phi) is 7.52. The zero-order valence-electron chi connectivity index (χ0n) is 17.3. The van der Waals surface area contributed by atoms with Crippen LogP contribution < -0.4 is 5.32 Å². The molecule has 3 rings (SSSR count). The van der Waals surface area contributed by atoms with E-state index in [4.69, 9.17) is 10.2 Å². The van der Waals surface area contributed by atoms with Crippen molar-refractivity contribution in [2.24, 2.45) is 0 Å². The molecule has 178 valence electrons. The van der Waals surface area contributed by atoms with Crippen molar-refractivity contribution in [3.8, 4) is 0 Å². The van der Waals surface area contributed by atoms with Crippen molar-refractivity contribution in [1.29, 1.82) is 0 Å². The first kappa shape index (κ1) is 24.8. The number of aliphatic hydroxyl groups is 2. The lowest BCUT2D eigenvalue weighted by Crippen LogP contribution is -2.40. The lowest BCUT2D eigenvalue weighted by Gasteiger charge is -2.26. The van der Waals surface area contributed by atoms with Crippen molar-refractivity contribution in [1.82, 2.24) is 14.6 Å². The van der Waals surface area contributed by atoms with Gasteiger partial charge in [0.1, 0.15) is 5.69 Å². The number of carbonyl (C=O) groups excluding carboxylic acids is 1. The molecule has 1 amide bonds. The first-order valence-electron chi connectivity index (χ1n) is 9.92. The minimum absolute atomic E-state index is 0.0274. The van der Waals surface area contributed by atoms with Crippen LogP contribution in [0.15, 0.2) is 53.4 Å². The van der Waals surface area contributed by atoms with Gasteiger partial charge in [-0.05, 0) is 42.3 Å². The summed E-state index contributed by atoms with van der Waals surface area (Å²) in [6, 6.07) is 7.48. The van der Waals surface area contributed by atoms with Crippen LogP contribution in [-0.4, -0.2) is 66.2 Å². The Labute approximate surface area is 188 Å². The Morgan fingerprint density at radius 3 is 2.45 bits per heavy atom. The summed E-state index contributed by atoms with van der Waals surface area (Å²) < 4.78 is 65.6. The largest absolute Gasteiger partial charge is 0.416 e. The zero-order chi connectivity index (χ0) is 24.2. The number of hydrogen-bond donors (Lipinski definition) is 3. The molecule has 0 saturated heterocycles. The number of pyridine rings is 1. The normalized spacial score (nSPS) is 15.4. The number of nitrogens with zero attached hydrogens (tertiary/aromatic N) is 2. The fourth-order valence-electron chi connectivity index (χ4n) is 3.23. The number of alkyl halides is 3. The van der Waals surface area contributed by atoms with Crippen LogP contribution in [0.25, 0.3) is 5.57 Å². The van der Waals surface area contributed by atoms with Crippen molar-refractivity contribution in [3.63, 3.8) is 0 Å². The monoisotopic (exact) mass is 485 g/mol. The number of aromatic nitrogens is 1. The molecule has 0 fully saturated rings. The number of sulfonamides is 1. The van der Waals surface area contributed by atoms with Crippen LogP contribution >= 0.6 is 0 Å². The number of hydrogen-bond acceptors (Lipinski definition) is 6. The SMILES string of the molecule is O=C(NC(CO)CO)c1cccc(C2=CCN(S(=O)(=O)c3cccc(C(F)(F)F)c3)CC2)n1. The minimum atomic E-state index is -4.65. The first-order valence-corrected chi connectivity index (χ1v) is 11.4. The van der Waals surface area contributed by atoms with Crippen LogP contribution in [0.4, 0.5) is 13.2 Å². The maximum absolute atomic E-state index is 13.0. The van der Waals surface area contributed by atoms with E-state index in [1.54, 1.807) is 18.2 Å². The summed E-state index contributed by atoms with van der Waals surface area (Å²) in [6.07, 6.45) is -2.81. The zero-order valence-corrected chi connectivity index (χ0v) is 18.1. The molecule has 0 atom stereocenters. The summed E-state index contributed by atoms with van der Waals surface area (Å²) in [5, 5.41) is 20.6. The van der Waals surface area contributed by atoms with Crippen molar-refractivity contribution < 1.29 is 36.6 Å². The molecule has 0 spiro atoms. The summed E-state index contributed by atoms with van der Waals surface area (Å²) in [5.41, 5.74) is 0.143. The predicted molar refractivity (Wildman–Crippen MR) is 112 cm³/mol. The minimum Gasteiger partial charge on any atom is -0.394 e. The van der Waals surface area contributed by atoms with Gasteiger partial charge in [-0.15, -0.1) is 0 Å². The standard InChI is InChI=1S/C21H22F3N3O5S/c22-21(23,24)15-3-1-4-17(11-15)33(31,32)27-9-7-14(8-10-27)18-5-2-6-19(26-18)20(30)25-16(12-28)13-29/h1-7,11,16,28-29H,8-10,12-13H2,(H,25,30). The summed E-state index contributed by atoms with van der Waals surface area (Å²) in [4.78, 5) is 16.1. The highest BCUT2D eigenvalue weighted by Gasteiger charge is 2.33. The Hall–Kier alpha value is -2.80. The molecule has 0 saturated carbocycles. The van der Waals surface area contributed by atoms with Crippen LogP contribution in [-0.2, 0) is 16.2 Å². The smallest absolute Gasteiger partial charge is 0.394 e. The van der Waals surface area contributed by atoms with Gasteiger partial charge in [0, 0.05) is 13.1 Å². The van der Waals surface area contributed by atoms with E-state index in [1.165, 1.54) is 6.07 Å². The van der Waals surface area contributed by atoms with Gasteiger partial charge in [0.05, 0.1) is 35.4 Å². The van der Waals surface area contributed by atoms with Crippen LogP contribution in [0.3, 0.4) is 0 Å². The van der Waals surface area contributed by atoms with Crippen molar-refractivity contribution >= 4 is 21.5 Å². The highest BCUT2D eigenvalue weighted by atomic mass is 32.2. The molecule has 1 aromatic heterocycles. The van der Waals surface area contributed by atoms with Gasteiger partial charge >= 0.3 is 6.18 Å². The molecule has 0 bridgehead atoms. The summed E-state index contributed by atoms with van der Waals surface area (Å²) >= 11 is 0. The topological polar surface area (TPSA) is 120 Å². The molecule has 0 radical (unpaired) electrons. The van der Waals surface area contributed by atoms with Gasteiger partial charge in [0.25, 0.3) is 5.91 Å². The van der Waals surface area contributed by atoms with Gasteiger partial charge in [-0.2, -0.15) is 17.5 Å². The second kappa shape index (κ2) is 10.00. The lowest BCUT2D eigenvalue weighted by molar-refractivity contribution is -0.137. The van der Waals surface area contributed by atoms with E-state index in [0.717, 1.165) is 22.5 Å².